The van der Waals surface area contributed by atoms with Gasteiger partial charge in [0.15, 0.2) is 0 Å². The lowest BCUT2D eigenvalue weighted by Crippen LogP contribution is -2.52. The van der Waals surface area contributed by atoms with Gasteiger partial charge in [0.25, 0.3) is 11.1 Å². The van der Waals surface area contributed by atoms with Gasteiger partial charge in [0.2, 0.25) is 17.7 Å². The highest BCUT2D eigenvalue weighted by Crippen LogP contribution is 2.36. The normalized spacial score (nSPS) is 21.5. The van der Waals surface area contributed by atoms with Gasteiger partial charge in [0, 0.05) is 98.3 Å². The number of aryl methyl sites for hydroxylation is 1. The SMILES string of the molecule is Cc1c(=O)n(C)c(Nc2ccc(I)cc2F)c2c(=O)n(C3CC3)c(=O)n(-c3cccc(NCC4CCC(C(=O)N5CCN(CC6CCN(c7ccc(C8CCC(=O)NC8=O)cc7)CC6)CC5)CC4)c3)c12. The number of hydrogen-bond acceptors (Lipinski definition) is 10. The molecule has 3 N–H and O–H groups in total. The number of pyridine rings is 1. The van der Waals surface area contributed by atoms with E-state index in [2.05, 4.69) is 42.8 Å². The summed E-state index contributed by atoms with van der Waals surface area (Å²) in [6.45, 7) is 8.68. The summed E-state index contributed by atoms with van der Waals surface area (Å²) in [4.78, 5) is 87.2. The van der Waals surface area contributed by atoms with E-state index in [1.807, 2.05) is 52.9 Å². The van der Waals surface area contributed by atoms with Crippen molar-refractivity contribution in [3.63, 3.8) is 0 Å². The molecule has 1 unspecified atom stereocenters. The Morgan fingerprint density at radius 3 is 2.20 bits per heavy atom. The smallest absolute Gasteiger partial charge is 0.336 e. The molecule has 3 amide bonds. The van der Waals surface area contributed by atoms with E-state index in [4.69, 9.17) is 0 Å². The average molecular weight is 1070 g/mol. The number of benzene rings is 3. The van der Waals surface area contributed by atoms with E-state index >= 15 is 4.39 Å². The Hall–Kier alpha value is -5.82. The molecule has 1 atom stereocenters. The molecular weight excluding hydrogens is 1000 g/mol. The van der Waals surface area contributed by atoms with E-state index in [-0.39, 0.29) is 63.6 Å². The van der Waals surface area contributed by atoms with Crippen LogP contribution < -0.4 is 37.7 Å². The summed E-state index contributed by atoms with van der Waals surface area (Å²) in [6.07, 6.45) is 8.11. The third-order valence-corrected chi connectivity index (χ3v) is 16.2. The monoisotopic (exact) mass is 1070 g/mol. The van der Waals surface area contributed by atoms with Gasteiger partial charge in [-0.25, -0.2) is 9.18 Å². The van der Waals surface area contributed by atoms with Crippen molar-refractivity contribution in [2.75, 3.05) is 67.9 Å². The Balaban J connectivity index is 0.723. The predicted octanol–water partition coefficient (Wildman–Crippen LogP) is 6.78. The van der Waals surface area contributed by atoms with Crippen molar-refractivity contribution in [2.45, 2.75) is 83.1 Å². The third-order valence-electron chi connectivity index (χ3n) is 15.5. The minimum atomic E-state index is -0.534. The standard InChI is InChI=1S/C53H61FIN9O6/c1-32-47-46(48(59(2)50(32)67)57-44-18-12-37(55)28-43(44)54)52(69)64(40-15-16-40)53(70)63(47)41-5-3-4-38(29-41)56-30-33-6-8-36(9-7-33)51(68)62-26-24-60(25-27-62)31-34-20-22-61(23-21-34)39-13-10-35(11-14-39)42-17-19-45(65)58-49(42)66/h3-5,10-14,18,28-29,33-34,36,40,42,56-57H,6-9,15-17,19-27,30-31H2,1-2H3,(H,58,65,66). The second kappa shape index (κ2) is 20.1. The Morgan fingerprint density at radius 1 is 0.786 bits per heavy atom. The zero-order valence-corrected chi connectivity index (χ0v) is 42.0. The molecule has 2 saturated carbocycles. The van der Waals surface area contributed by atoms with Gasteiger partial charge in [-0.05, 0) is 153 Å². The molecule has 2 aromatic heterocycles. The molecule has 3 saturated heterocycles. The third kappa shape index (κ3) is 9.79. The predicted molar refractivity (Wildman–Crippen MR) is 278 cm³/mol. The number of fused-ring (bicyclic) bond motifs is 1. The first-order valence-electron chi connectivity index (χ1n) is 25.0. The number of aromatic nitrogens is 3. The molecule has 17 heteroatoms. The molecule has 0 bridgehead atoms. The number of rotatable bonds is 12. The number of carbonyl (C=O) groups is 3. The van der Waals surface area contributed by atoms with Crippen molar-refractivity contribution >= 4 is 74.1 Å². The fraction of sp³-hybridized carbons (Fsp3) is 0.472. The number of imide groups is 1. The molecular formula is C53H61FIN9O6. The van der Waals surface area contributed by atoms with Crippen LogP contribution in [0.3, 0.4) is 0 Å². The zero-order valence-electron chi connectivity index (χ0n) is 39.9. The van der Waals surface area contributed by atoms with Crippen LogP contribution in [0, 0.1) is 34.1 Å². The second-order valence-electron chi connectivity index (χ2n) is 20.1. The topological polar surface area (TPSA) is 163 Å². The molecule has 3 aliphatic heterocycles. The van der Waals surface area contributed by atoms with E-state index in [1.54, 1.807) is 25.1 Å². The fourth-order valence-electron chi connectivity index (χ4n) is 11.3. The summed E-state index contributed by atoms with van der Waals surface area (Å²) in [6, 6.07) is 20.1. The summed E-state index contributed by atoms with van der Waals surface area (Å²) in [5.74, 6) is 0.227. The average Bonchev–Trinajstić information content (AvgIpc) is 4.21. The quantitative estimate of drug-likeness (QED) is 0.0898. The van der Waals surface area contributed by atoms with Gasteiger partial charge in [-0.2, -0.15) is 0 Å². The molecule has 0 spiro atoms. The van der Waals surface area contributed by atoms with Gasteiger partial charge in [0.05, 0.1) is 22.8 Å². The van der Waals surface area contributed by atoms with Gasteiger partial charge < -0.3 is 20.4 Å². The molecule has 5 aromatic rings. The van der Waals surface area contributed by atoms with Gasteiger partial charge in [0.1, 0.15) is 17.0 Å². The number of amides is 3. The molecule has 3 aromatic carbocycles. The lowest BCUT2D eigenvalue weighted by molar-refractivity contribution is -0.139. The lowest BCUT2D eigenvalue weighted by atomic mass is 9.81. The van der Waals surface area contributed by atoms with E-state index in [9.17, 15) is 28.8 Å². The number of anilines is 4. The van der Waals surface area contributed by atoms with Crippen molar-refractivity contribution in [2.24, 2.45) is 24.8 Å². The van der Waals surface area contributed by atoms with Crippen molar-refractivity contribution in [3.8, 4) is 5.69 Å². The molecule has 10 rings (SSSR count). The van der Waals surface area contributed by atoms with E-state index in [1.165, 1.54) is 32.5 Å². The molecule has 5 heterocycles. The highest BCUT2D eigenvalue weighted by atomic mass is 127. The number of halogens is 2. The van der Waals surface area contributed by atoms with E-state index in [0.29, 0.717) is 53.3 Å². The van der Waals surface area contributed by atoms with Gasteiger partial charge in [-0.3, -0.25) is 47.9 Å². The van der Waals surface area contributed by atoms with Crippen LogP contribution in [0.5, 0.6) is 0 Å². The van der Waals surface area contributed by atoms with E-state index < -0.39 is 22.6 Å². The summed E-state index contributed by atoms with van der Waals surface area (Å²) in [5, 5.41) is 9.22. The minimum Gasteiger partial charge on any atom is -0.385 e. The number of nitrogens with one attached hydrogen (secondary N) is 3. The number of carbonyl (C=O) groups excluding carboxylic acids is 3. The van der Waals surface area contributed by atoms with Crippen LogP contribution in [-0.4, -0.2) is 93.6 Å². The van der Waals surface area contributed by atoms with Gasteiger partial charge in [-0.1, -0.05) is 18.2 Å². The highest BCUT2D eigenvalue weighted by Gasteiger charge is 2.34. The van der Waals surface area contributed by atoms with Crippen molar-refractivity contribution in [3.05, 3.63) is 118 Å². The Kier molecular flexibility index (Phi) is 13.8. The van der Waals surface area contributed by atoms with Crippen molar-refractivity contribution < 1.29 is 18.8 Å². The molecule has 0 radical (unpaired) electrons. The minimum absolute atomic E-state index is 0.0355. The summed E-state index contributed by atoms with van der Waals surface area (Å²) in [7, 11) is 1.54. The van der Waals surface area contributed by atoms with Crippen LogP contribution >= 0.6 is 22.6 Å². The van der Waals surface area contributed by atoms with Crippen LogP contribution in [0.15, 0.2) is 81.1 Å². The number of piperazine rings is 1. The number of hydrogen-bond donors (Lipinski definition) is 3. The maximum atomic E-state index is 15.2. The maximum Gasteiger partial charge on any atom is 0.336 e. The Bertz CT molecular complexity index is 3020. The number of nitrogens with zero attached hydrogens (tertiary/aromatic N) is 6. The molecule has 70 heavy (non-hydrogen) atoms. The largest absolute Gasteiger partial charge is 0.385 e. The van der Waals surface area contributed by atoms with Crippen LogP contribution in [-0.2, 0) is 21.4 Å². The maximum absolute atomic E-state index is 15.2. The fourth-order valence-corrected chi connectivity index (χ4v) is 11.7. The Labute approximate surface area is 419 Å². The molecule has 5 aliphatic rings. The van der Waals surface area contributed by atoms with Crippen LogP contribution in [0.1, 0.15) is 87.3 Å². The van der Waals surface area contributed by atoms with E-state index in [0.717, 1.165) is 95.6 Å². The highest BCUT2D eigenvalue weighted by molar-refractivity contribution is 14.1. The van der Waals surface area contributed by atoms with Crippen molar-refractivity contribution in [1.82, 2.24) is 28.8 Å². The lowest BCUT2D eigenvalue weighted by Gasteiger charge is -2.40. The van der Waals surface area contributed by atoms with Gasteiger partial charge in [-0.15, -0.1) is 0 Å². The molecule has 368 valence electrons. The number of piperidine rings is 2. The van der Waals surface area contributed by atoms with Crippen molar-refractivity contribution in [1.29, 1.82) is 0 Å². The molecule has 15 nitrogen and oxygen atoms in total. The van der Waals surface area contributed by atoms with Gasteiger partial charge >= 0.3 is 5.69 Å². The summed E-state index contributed by atoms with van der Waals surface area (Å²) in [5.41, 5.74) is 2.51. The van der Waals surface area contributed by atoms with Crippen LogP contribution in [0.4, 0.5) is 27.3 Å². The first-order chi connectivity index (χ1) is 33.8. The van der Waals surface area contributed by atoms with Crippen LogP contribution in [0.25, 0.3) is 16.6 Å². The Morgan fingerprint density at radius 2 is 1.51 bits per heavy atom. The summed E-state index contributed by atoms with van der Waals surface area (Å²) < 4.78 is 19.9. The molecule has 2 aliphatic carbocycles. The molecule has 5 fully saturated rings. The van der Waals surface area contributed by atoms with Crippen LogP contribution in [0.2, 0.25) is 0 Å². The first kappa shape index (κ1) is 47.8. The first-order valence-corrected chi connectivity index (χ1v) is 26.1. The second-order valence-corrected chi connectivity index (χ2v) is 21.4. The summed E-state index contributed by atoms with van der Waals surface area (Å²) >= 11 is 2.02. The zero-order chi connectivity index (χ0) is 48.8.